The van der Waals surface area contributed by atoms with Gasteiger partial charge in [0.05, 0.1) is 33.3 Å². The molecule has 3 rings (SSSR count). The lowest BCUT2D eigenvalue weighted by atomic mass is 10.2. The number of fused-ring (bicyclic) bond motifs is 1. The van der Waals surface area contributed by atoms with Crippen LogP contribution < -0.4 is 4.74 Å². The second-order valence-electron chi connectivity index (χ2n) is 5.78. The van der Waals surface area contributed by atoms with Gasteiger partial charge in [0, 0.05) is 11.8 Å². The minimum Gasteiger partial charge on any atom is -0.487 e. The van der Waals surface area contributed by atoms with Crippen LogP contribution in [0.2, 0.25) is 0 Å². The summed E-state index contributed by atoms with van der Waals surface area (Å²) in [6, 6.07) is 8.48. The molecule has 0 saturated carbocycles. The Morgan fingerprint density at radius 1 is 1.26 bits per heavy atom. The number of benzene rings is 1. The van der Waals surface area contributed by atoms with Crippen molar-refractivity contribution in [2.24, 2.45) is 0 Å². The number of halogens is 4. The molecular weight excluding hydrogens is 386 g/mol. The van der Waals surface area contributed by atoms with E-state index in [4.69, 9.17) is 4.74 Å². The van der Waals surface area contributed by atoms with Crippen molar-refractivity contribution >= 4 is 21.8 Å². The molecule has 1 aromatic carbocycles. The molecule has 1 unspecified atom stereocenters. The van der Waals surface area contributed by atoms with Gasteiger partial charge in [-0.25, -0.2) is 13.8 Å². The lowest BCUT2D eigenvalue weighted by Gasteiger charge is -2.17. The number of nitrogens with one attached hydrogen (secondary N) is 1. The zero-order valence-corrected chi connectivity index (χ0v) is 14.9. The van der Waals surface area contributed by atoms with E-state index in [1.54, 1.807) is 18.2 Å². The fraction of sp³-hybridized carbons (Fsp3) is 0.294. The number of hydrogen-bond acceptors (Lipinski definition) is 4. The van der Waals surface area contributed by atoms with Gasteiger partial charge in [0.25, 0.3) is 0 Å². The molecule has 2 heterocycles. The van der Waals surface area contributed by atoms with Gasteiger partial charge >= 0.3 is 12.3 Å². The molecule has 5 nitrogen and oxygen atoms in total. The number of para-hydroxylation sites is 2. The highest BCUT2D eigenvalue weighted by Gasteiger charge is 2.41. The summed E-state index contributed by atoms with van der Waals surface area (Å²) in [5, 5.41) is 0.257. The van der Waals surface area contributed by atoms with Crippen molar-refractivity contribution in [3.8, 4) is 5.75 Å². The molecular formula is C17H15F4N3O2S. The van der Waals surface area contributed by atoms with E-state index >= 15 is 0 Å². The topological polar surface area (TPSA) is 67.9 Å². The number of rotatable bonds is 7. The zero-order chi connectivity index (χ0) is 19.6. The molecule has 27 heavy (non-hydrogen) atoms. The van der Waals surface area contributed by atoms with Crippen LogP contribution in [0.25, 0.3) is 11.0 Å². The average Bonchev–Trinajstić information content (AvgIpc) is 3.06. The first-order valence-electron chi connectivity index (χ1n) is 7.84. The van der Waals surface area contributed by atoms with E-state index in [1.807, 2.05) is 6.07 Å². The number of imidazole rings is 1. The van der Waals surface area contributed by atoms with Gasteiger partial charge in [-0.15, -0.1) is 0 Å². The van der Waals surface area contributed by atoms with Crippen molar-refractivity contribution < 1.29 is 26.5 Å². The smallest absolute Gasteiger partial charge is 0.340 e. The Morgan fingerprint density at radius 2 is 2.00 bits per heavy atom. The molecule has 0 spiro atoms. The third-order valence-corrected chi connectivity index (χ3v) is 5.01. The molecule has 1 atom stereocenters. The molecule has 0 saturated heterocycles. The van der Waals surface area contributed by atoms with Crippen LogP contribution in [0.5, 0.6) is 5.75 Å². The molecule has 0 aliphatic carbocycles. The second-order valence-corrected chi connectivity index (χ2v) is 7.15. The fourth-order valence-corrected chi connectivity index (χ4v) is 3.43. The van der Waals surface area contributed by atoms with Crippen LogP contribution in [-0.4, -0.2) is 38.1 Å². The Morgan fingerprint density at radius 3 is 2.70 bits per heavy atom. The molecule has 0 bridgehead atoms. The van der Waals surface area contributed by atoms with Crippen molar-refractivity contribution in [3.63, 3.8) is 0 Å². The maximum absolute atomic E-state index is 13.0. The molecule has 3 aromatic rings. The molecule has 0 radical (unpaired) electrons. The molecule has 0 aliphatic heterocycles. The molecule has 10 heteroatoms. The van der Waals surface area contributed by atoms with Crippen LogP contribution in [0.15, 0.2) is 41.7 Å². The van der Waals surface area contributed by atoms with Crippen molar-refractivity contribution in [2.75, 3.05) is 6.61 Å². The van der Waals surface area contributed by atoms with Gasteiger partial charge < -0.3 is 9.72 Å². The van der Waals surface area contributed by atoms with Crippen LogP contribution in [-0.2, 0) is 16.6 Å². The fourth-order valence-electron chi connectivity index (χ4n) is 2.33. The maximum atomic E-state index is 13.0. The Bertz CT molecular complexity index is 945. The lowest BCUT2D eigenvalue weighted by Crippen LogP contribution is -2.33. The van der Waals surface area contributed by atoms with Crippen molar-refractivity contribution in [1.29, 1.82) is 0 Å². The van der Waals surface area contributed by atoms with E-state index < -0.39 is 29.8 Å². The molecule has 144 valence electrons. The molecule has 0 fully saturated rings. The number of pyridine rings is 1. The molecule has 0 aliphatic rings. The van der Waals surface area contributed by atoms with E-state index in [0.717, 1.165) is 5.52 Å². The quantitative estimate of drug-likeness (QED) is 0.611. The highest BCUT2D eigenvalue weighted by atomic mass is 32.2. The third-order valence-electron chi connectivity index (χ3n) is 3.85. The number of nitrogens with zero attached hydrogens (tertiary/aromatic N) is 2. The standard InChI is InChI=1S/C17H15F4N3O2S/c1-10-13(22-7-6-14(10)26-9-17(20,21)15(18)19)8-27(25)16-23-11-4-2-3-5-12(11)24-16/h2-7,15H,8-9H2,1H3,(H,23,24). The van der Waals surface area contributed by atoms with E-state index in [-0.39, 0.29) is 16.7 Å². The number of alkyl halides is 4. The Balaban J connectivity index is 1.76. The van der Waals surface area contributed by atoms with Crippen LogP contribution in [0.3, 0.4) is 0 Å². The summed E-state index contributed by atoms with van der Waals surface area (Å²) >= 11 is 0. The number of H-pyrrole nitrogens is 1. The van der Waals surface area contributed by atoms with E-state index in [0.29, 0.717) is 16.8 Å². The molecule has 0 amide bonds. The van der Waals surface area contributed by atoms with Crippen LogP contribution >= 0.6 is 0 Å². The first kappa shape index (κ1) is 19.3. The summed E-state index contributed by atoms with van der Waals surface area (Å²) in [5.74, 6) is -4.30. The normalized spacial score (nSPS) is 13.3. The predicted molar refractivity (Wildman–Crippen MR) is 91.6 cm³/mol. The first-order valence-corrected chi connectivity index (χ1v) is 9.16. The summed E-state index contributed by atoms with van der Waals surface area (Å²) in [6.07, 6.45) is -2.53. The first-order chi connectivity index (χ1) is 12.8. The summed E-state index contributed by atoms with van der Waals surface area (Å²) in [5.41, 5.74) is 2.09. The van der Waals surface area contributed by atoms with Crippen LogP contribution in [0.1, 0.15) is 11.3 Å². The van der Waals surface area contributed by atoms with Crippen molar-refractivity contribution in [2.45, 2.75) is 30.2 Å². The van der Waals surface area contributed by atoms with Gasteiger partial charge in [-0.2, -0.15) is 8.78 Å². The minimum atomic E-state index is -4.26. The summed E-state index contributed by atoms with van der Waals surface area (Å²) in [7, 11) is -1.57. The second kappa shape index (κ2) is 7.63. The number of hydrogen-bond donors (Lipinski definition) is 1. The highest BCUT2D eigenvalue weighted by Crippen LogP contribution is 2.27. The largest absolute Gasteiger partial charge is 0.487 e. The van der Waals surface area contributed by atoms with Gasteiger partial charge in [-0.3, -0.25) is 9.19 Å². The van der Waals surface area contributed by atoms with E-state index in [2.05, 4.69) is 15.0 Å². The van der Waals surface area contributed by atoms with E-state index in [1.165, 1.54) is 19.2 Å². The number of aromatic amines is 1. The van der Waals surface area contributed by atoms with Crippen LogP contribution in [0.4, 0.5) is 17.6 Å². The van der Waals surface area contributed by atoms with Crippen molar-refractivity contribution in [3.05, 3.63) is 47.8 Å². The number of ether oxygens (including phenoxy) is 1. The van der Waals surface area contributed by atoms with Gasteiger partial charge in [0.2, 0.25) is 0 Å². The van der Waals surface area contributed by atoms with Gasteiger partial charge in [-0.1, -0.05) is 12.1 Å². The van der Waals surface area contributed by atoms with Gasteiger partial charge in [0.1, 0.15) is 5.75 Å². The molecule has 1 N–H and O–H groups in total. The predicted octanol–water partition coefficient (Wildman–Crippen LogP) is 3.85. The Labute approximate surface area is 154 Å². The molecule has 2 aromatic heterocycles. The zero-order valence-electron chi connectivity index (χ0n) is 14.1. The minimum absolute atomic E-state index is 0.0121. The van der Waals surface area contributed by atoms with Gasteiger partial charge in [0.15, 0.2) is 11.8 Å². The third kappa shape index (κ3) is 4.26. The summed E-state index contributed by atoms with van der Waals surface area (Å²) in [6.45, 7) is 0.0790. The SMILES string of the molecule is Cc1c(OCC(F)(F)C(F)F)ccnc1CS(=O)c1nc2ccccc2[nH]1. The Hall–Kier alpha value is -2.49. The average molecular weight is 401 g/mol. The van der Waals surface area contributed by atoms with Crippen molar-refractivity contribution in [1.82, 2.24) is 15.0 Å². The number of aromatic nitrogens is 3. The van der Waals surface area contributed by atoms with E-state index in [9.17, 15) is 21.8 Å². The Kier molecular flexibility index (Phi) is 5.45. The monoisotopic (exact) mass is 401 g/mol. The highest BCUT2D eigenvalue weighted by molar-refractivity contribution is 7.84. The van der Waals surface area contributed by atoms with Gasteiger partial charge in [-0.05, 0) is 25.1 Å². The summed E-state index contributed by atoms with van der Waals surface area (Å²) in [4.78, 5) is 11.3. The summed E-state index contributed by atoms with van der Waals surface area (Å²) < 4.78 is 68.0. The van der Waals surface area contributed by atoms with Crippen LogP contribution in [0, 0.1) is 6.92 Å². The lowest BCUT2D eigenvalue weighted by molar-refractivity contribution is -0.148. The maximum Gasteiger partial charge on any atom is 0.340 e.